The predicted molar refractivity (Wildman–Crippen MR) is 89.2 cm³/mol. The Hall–Kier alpha value is -3.06. The van der Waals surface area contributed by atoms with Crippen molar-refractivity contribution in [2.45, 2.75) is 13.0 Å². The highest BCUT2D eigenvalue weighted by Gasteiger charge is 2.34. The van der Waals surface area contributed by atoms with Gasteiger partial charge in [0.1, 0.15) is 0 Å². The maximum absolute atomic E-state index is 12.2. The minimum Gasteiger partial charge on any atom is -0.377 e. The number of imide groups is 1. The number of nitrogens with zero attached hydrogens (tertiary/aromatic N) is 2. The number of hydrogen-bond acceptors (Lipinski definition) is 5. The lowest BCUT2D eigenvalue weighted by Crippen LogP contribution is -2.31. The maximum Gasteiger partial charge on any atom is 0.269 e. The summed E-state index contributed by atoms with van der Waals surface area (Å²) in [5, 5.41) is 10.6. The summed E-state index contributed by atoms with van der Waals surface area (Å²) in [5.74, 6) is -0.535. The first-order chi connectivity index (χ1) is 12.1. The van der Waals surface area contributed by atoms with Crippen LogP contribution in [0.2, 0.25) is 0 Å². The fourth-order valence-electron chi connectivity index (χ4n) is 2.67. The number of ether oxygens (including phenoxy) is 1. The molecular weight excluding hydrogens is 324 g/mol. The van der Waals surface area contributed by atoms with Crippen LogP contribution in [0.25, 0.3) is 0 Å². The monoisotopic (exact) mass is 340 g/mol. The van der Waals surface area contributed by atoms with Crippen LogP contribution in [0.5, 0.6) is 0 Å². The summed E-state index contributed by atoms with van der Waals surface area (Å²) in [6.45, 7) is 0.997. The zero-order valence-corrected chi connectivity index (χ0v) is 13.4. The third-order valence-electron chi connectivity index (χ3n) is 3.96. The second kappa shape index (κ2) is 7.23. The molecule has 0 unspecified atom stereocenters. The predicted octanol–water partition coefficient (Wildman–Crippen LogP) is 2.80. The molecule has 0 radical (unpaired) electrons. The van der Waals surface area contributed by atoms with Crippen LogP contribution < -0.4 is 0 Å². The van der Waals surface area contributed by atoms with Crippen molar-refractivity contribution >= 4 is 17.5 Å². The molecule has 0 aromatic heterocycles. The van der Waals surface area contributed by atoms with E-state index in [4.69, 9.17) is 4.74 Å². The van der Waals surface area contributed by atoms with Crippen molar-refractivity contribution in [2.24, 2.45) is 0 Å². The Morgan fingerprint density at radius 3 is 2.12 bits per heavy atom. The fourth-order valence-corrected chi connectivity index (χ4v) is 2.67. The second-order valence-corrected chi connectivity index (χ2v) is 5.64. The number of rotatable bonds is 7. The van der Waals surface area contributed by atoms with Crippen LogP contribution in [0.15, 0.2) is 48.5 Å². The Bertz CT molecular complexity index is 781. The summed E-state index contributed by atoms with van der Waals surface area (Å²) in [7, 11) is 0. The molecule has 0 bridgehead atoms. The third kappa shape index (κ3) is 3.56. The Labute approximate surface area is 144 Å². The summed E-state index contributed by atoms with van der Waals surface area (Å²) in [6, 6.07) is 12.9. The zero-order valence-electron chi connectivity index (χ0n) is 13.4. The first-order valence-corrected chi connectivity index (χ1v) is 7.84. The normalized spacial score (nSPS) is 13.2. The Balaban J connectivity index is 1.44. The molecule has 7 nitrogen and oxygen atoms in total. The standard InChI is InChI=1S/C18H16N2O5/c21-17-15-4-1-2-5-16(15)18(22)19(17)10-3-11-25-12-13-6-8-14(9-7-13)20(23)24/h1-2,4-9H,3,10-12H2. The van der Waals surface area contributed by atoms with Crippen LogP contribution in [-0.4, -0.2) is 34.8 Å². The largest absolute Gasteiger partial charge is 0.377 e. The molecule has 0 saturated heterocycles. The lowest BCUT2D eigenvalue weighted by molar-refractivity contribution is -0.384. The van der Waals surface area contributed by atoms with Crippen LogP contribution in [0.3, 0.4) is 0 Å². The van der Waals surface area contributed by atoms with Gasteiger partial charge in [0.05, 0.1) is 22.7 Å². The minimum absolute atomic E-state index is 0.0365. The van der Waals surface area contributed by atoms with Crippen molar-refractivity contribution in [1.82, 2.24) is 4.90 Å². The van der Waals surface area contributed by atoms with Gasteiger partial charge in [-0.1, -0.05) is 12.1 Å². The summed E-state index contributed by atoms with van der Waals surface area (Å²) >= 11 is 0. The van der Waals surface area contributed by atoms with Gasteiger partial charge < -0.3 is 4.74 Å². The van der Waals surface area contributed by atoms with Crippen LogP contribution in [0.1, 0.15) is 32.7 Å². The molecule has 3 rings (SSSR count). The maximum atomic E-state index is 12.2. The zero-order chi connectivity index (χ0) is 17.8. The fraction of sp³-hybridized carbons (Fsp3) is 0.222. The number of nitro benzene ring substituents is 1. The van der Waals surface area contributed by atoms with E-state index >= 15 is 0 Å². The van der Waals surface area contributed by atoms with E-state index in [9.17, 15) is 19.7 Å². The van der Waals surface area contributed by atoms with E-state index in [-0.39, 0.29) is 17.5 Å². The van der Waals surface area contributed by atoms with Gasteiger partial charge in [-0.25, -0.2) is 0 Å². The second-order valence-electron chi connectivity index (χ2n) is 5.64. The molecule has 1 aliphatic heterocycles. The van der Waals surface area contributed by atoms with E-state index in [1.807, 2.05) is 0 Å². The SMILES string of the molecule is O=C1c2ccccc2C(=O)N1CCCOCc1ccc([N+](=O)[O-])cc1. The molecule has 7 heteroatoms. The van der Waals surface area contributed by atoms with Crippen molar-refractivity contribution in [3.63, 3.8) is 0 Å². The summed E-state index contributed by atoms with van der Waals surface area (Å²) in [5.41, 5.74) is 1.75. The van der Waals surface area contributed by atoms with Crippen molar-refractivity contribution in [3.8, 4) is 0 Å². The number of hydrogen-bond donors (Lipinski definition) is 0. The lowest BCUT2D eigenvalue weighted by Gasteiger charge is -2.13. The van der Waals surface area contributed by atoms with Gasteiger partial charge >= 0.3 is 0 Å². The van der Waals surface area contributed by atoms with Crippen molar-refractivity contribution < 1.29 is 19.2 Å². The van der Waals surface area contributed by atoms with Gasteiger partial charge in [0.2, 0.25) is 0 Å². The Morgan fingerprint density at radius 2 is 1.56 bits per heavy atom. The molecule has 1 aliphatic rings. The van der Waals surface area contributed by atoms with Gasteiger partial charge in [-0.15, -0.1) is 0 Å². The first kappa shape index (κ1) is 16.8. The molecule has 0 saturated carbocycles. The summed E-state index contributed by atoms with van der Waals surface area (Å²) in [6.07, 6.45) is 0.526. The number of carbonyl (C=O) groups excluding carboxylic acids is 2. The highest BCUT2D eigenvalue weighted by Crippen LogP contribution is 2.22. The molecule has 1 heterocycles. The highest BCUT2D eigenvalue weighted by molar-refractivity contribution is 6.21. The van der Waals surface area contributed by atoms with Gasteiger partial charge in [0, 0.05) is 25.3 Å². The van der Waals surface area contributed by atoms with E-state index in [0.717, 1.165) is 5.56 Å². The molecule has 2 aromatic carbocycles. The average molecular weight is 340 g/mol. The van der Waals surface area contributed by atoms with Gasteiger partial charge in [0.15, 0.2) is 0 Å². The molecule has 2 aromatic rings. The summed E-state index contributed by atoms with van der Waals surface area (Å²) < 4.78 is 5.51. The van der Waals surface area contributed by atoms with E-state index in [1.165, 1.54) is 17.0 Å². The van der Waals surface area contributed by atoms with Gasteiger partial charge in [-0.3, -0.25) is 24.6 Å². The van der Waals surface area contributed by atoms with Crippen molar-refractivity contribution in [2.75, 3.05) is 13.2 Å². The number of non-ortho nitro benzene ring substituents is 1. The molecule has 0 N–H and O–H groups in total. The molecule has 0 aliphatic carbocycles. The van der Waals surface area contributed by atoms with Crippen molar-refractivity contribution in [3.05, 3.63) is 75.3 Å². The molecule has 0 spiro atoms. The molecular formula is C18H16N2O5. The Kier molecular flexibility index (Phi) is 4.85. The quantitative estimate of drug-likeness (QED) is 0.335. The molecule has 0 fully saturated rings. The van der Waals surface area contributed by atoms with E-state index in [2.05, 4.69) is 0 Å². The van der Waals surface area contributed by atoms with E-state index < -0.39 is 4.92 Å². The minimum atomic E-state index is -0.452. The molecule has 128 valence electrons. The third-order valence-corrected chi connectivity index (χ3v) is 3.96. The summed E-state index contributed by atoms with van der Waals surface area (Å²) in [4.78, 5) is 35.7. The average Bonchev–Trinajstić information content (AvgIpc) is 2.87. The molecule has 2 amide bonds. The highest BCUT2D eigenvalue weighted by atomic mass is 16.6. The van der Waals surface area contributed by atoms with Gasteiger partial charge in [0.25, 0.3) is 17.5 Å². The number of carbonyl (C=O) groups is 2. The molecule has 0 atom stereocenters. The van der Waals surface area contributed by atoms with Crippen LogP contribution in [0.4, 0.5) is 5.69 Å². The van der Waals surface area contributed by atoms with Crippen molar-refractivity contribution in [1.29, 1.82) is 0 Å². The smallest absolute Gasteiger partial charge is 0.269 e. The number of nitro groups is 1. The Morgan fingerprint density at radius 1 is 0.960 bits per heavy atom. The topological polar surface area (TPSA) is 89.8 Å². The number of benzene rings is 2. The first-order valence-electron chi connectivity index (χ1n) is 7.84. The van der Waals surface area contributed by atoms with Crippen LogP contribution in [-0.2, 0) is 11.3 Å². The van der Waals surface area contributed by atoms with E-state index in [0.29, 0.717) is 37.3 Å². The number of fused-ring (bicyclic) bond motifs is 1. The van der Waals surface area contributed by atoms with Gasteiger partial charge in [-0.05, 0) is 36.2 Å². The van der Waals surface area contributed by atoms with E-state index in [1.54, 1.807) is 36.4 Å². The molecule has 25 heavy (non-hydrogen) atoms. The number of amides is 2. The van der Waals surface area contributed by atoms with Gasteiger partial charge in [-0.2, -0.15) is 0 Å². The lowest BCUT2D eigenvalue weighted by atomic mass is 10.1. The van der Waals surface area contributed by atoms with Crippen LogP contribution >= 0.6 is 0 Å². The van der Waals surface area contributed by atoms with Crippen LogP contribution in [0, 0.1) is 10.1 Å².